The van der Waals surface area contributed by atoms with Gasteiger partial charge in [0.05, 0.1) is 0 Å². The van der Waals surface area contributed by atoms with E-state index in [2.05, 4.69) is 15.5 Å². The van der Waals surface area contributed by atoms with Crippen LogP contribution in [-0.4, -0.2) is 60.1 Å². The molecule has 4 nitrogen and oxygen atoms in total. The van der Waals surface area contributed by atoms with E-state index < -0.39 is 0 Å². The van der Waals surface area contributed by atoms with Gasteiger partial charge in [0.15, 0.2) is 0 Å². The fourth-order valence-electron chi connectivity index (χ4n) is 3.62. The first kappa shape index (κ1) is 19.4. The van der Waals surface area contributed by atoms with Gasteiger partial charge in [-0.25, -0.2) is 0 Å². The van der Waals surface area contributed by atoms with Crippen molar-refractivity contribution in [3.05, 3.63) is 0 Å². The first-order chi connectivity index (χ1) is 9.31. The molecule has 0 radical (unpaired) electrons. The minimum absolute atomic E-state index is 0. The van der Waals surface area contributed by atoms with Gasteiger partial charge in [-0.1, -0.05) is 0 Å². The van der Waals surface area contributed by atoms with E-state index in [1.165, 1.54) is 38.1 Å². The van der Waals surface area contributed by atoms with E-state index in [0.717, 1.165) is 24.8 Å². The first-order valence-electron chi connectivity index (χ1n) is 7.66. The summed E-state index contributed by atoms with van der Waals surface area (Å²) in [7, 11) is 0. The van der Waals surface area contributed by atoms with Gasteiger partial charge in [0.2, 0.25) is 5.91 Å². The van der Waals surface area contributed by atoms with Crippen LogP contribution in [0, 0.1) is 0 Å². The molecule has 2 N–H and O–H groups in total. The average molecular weight is 356 g/mol. The van der Waals surface area contributed by atoms with Gasteiger partial charge in [-0.3, -0.25) is 4.79 Å². The summed E-state index contributed by atoms with van der Waals surface area (Å²) in [5.74, 6) is 2.50. The lowest BCUT2D eigenvalue weighted by atomic mass is 9.97. The Morgan fingerprint density at radius 2 is 2.14 bits per heavy atom. The number of nitrogens with zero attached hydrogens (tertiary/aromatic N) is 1. The standard InChI is InChI=1S/C14H25N3OS.2ClH/c18-14(9-12-10-19-7-4-15-12)16-11-3-6-17-5-1-2-13(17)8-11;;/h11-13,15H,1-10H2,(H,16,18);2*1H. The van der Waals surface area contributed by atoms with Crippen molar-refractivity contribution in [2.24, 2.45) is 0 Å². The monoisotopic (exact) mass is 355 g/mol. The Labute approximate surface area is 144 Å². The molecule has 3 fully saturated rings. The smallest absolute Gasteiger partial charge is 0.221 e. The summed E-state index contributed by atoms with van der Waals surface area (Å²) in [6.45, 7) is 3.49. The van der Waals surface area contributed by atoms with Crippen molar-refractivity contribution in [2.45, 2.75) is 50.2 Å². The fraction of sp³-hybridized carbons (Fsp3) is 0.929. The maximum absolute atomic E-state index is 12.1. The van der Waals surface area contributed by atoms with Crippen LogP contribution in [0.2, 0.25) is 0 Å². The SMILES string of the molecule is Cl.Cl.O=C(CC1CSCCN1)NC1CCN2CCCC2C1. The molecule has 0 aromatic heterocycles. The topological polar surface area (TPSA) is 44.4 Å². The minimum Gasteiger partial charge on any atom is -0.353 e. The molecule has 3 saturated heterocycles. The van der Waals surface area contributed by atoms with Gasteiger partial charge in [-0.2, -0.15) is 11.8 Å². The highest BCUT2D eigenvalue weighted by molar-refractivity contribution is 7.99. The minimum atomic E-state index is 0. The van der Waals surface area contributed by atoms with Crippen molar-refractivity contribution in [1.29, 1.82) is 0 Å². The maximum atomic E-state index is 12.1. The van der Waals surface area contributed by atoms with E-state index in [0.29, 0.717) is 18.5 Å². The molecule has 0 aromatic carbocycles. The molecule has 0 aliphatic carbocycles. The van der Waals surface area contributed by atoms with E-state index in [-0.39, 0.29) is 30.7 Å². The summed E-state index contributed by atoms with van der Waals surface area (Å²) < 4.78 is 0. The van der Waals surface area contributed by atoms with Crippen LogP contribution in [-0.2, 0) is 4.79 Å². The highest BCUT2D eigenvalue weighted by atomic mass is 35.5. The molecule has 0 aromatic rings. The summed E-state index contributed by atoms with van der Waals surface area (Å²) in [6, 6.07) is 1.54. The highest BCUT2D eigenvalue weighted by Gasteiger charge is 2.32. The van der Waals surface area contributed by atoms with Crippen molar-refractivity contribution in [3.63, 3.8) is 0 Å². The Morgan fingerprint density at radius 3 is 2.90 bits per heavy atom. The van der Waals surface area contributed by atoms with Crippen LogP contribution in [0.15, 0.2) is 0 Å². The molecular weight excluding hydrogens is 329 g/mol. The molecule has 3 atom stereocenters. The molecule has 0 saturated carbocycles. The Bertz CT molecular complexity index is 329. The summed E-state index contributed by atoms with van der Waals surface area (Å²) in [5, 5.41) is 6.70. The number of carbonyl (C=O) groups is 1. The molecule has 3 heterocycles. The molecule has 3 unspecified atom stereocenters. The van der Waals surface area contributed by atoms with Crippen LogP contribution >= 0.6 is 36.6 Å². The predicted molar refractivity (Wildman–Crippen MR) is 94.0 cm³/mol. The van der Waals surface area contributed by atoms with Crippen LogP contribution in [0.4, 0.5) is 0 Å². The number of nitrogens with one attached hydrogen (secondary N) is 2. The molecule has 0 bridgehead atoms. The number of rotatable bonds is 3. The van der Waals surface area contributed by atoms with E-state index >= 15 is 0 Å². The van der Waals surface area contributed by atoms with Gasteiger partial charge < -0.3 is 15.5 Å². The van der Waals surface area contributed by atoms with Crippen LogP contribution in [0.3, 0.4) is 0 Å². The van der Waals surface area contributed by atoms with Gasteiger partial charge in [0, 0.05) is 49.1 Å². The molecule has 3 aliphatic heterocycles. The van der Waals surface area contributed by atoms with E-state index in [1.807, 2.05) is 11.8 Å². The molecule has 21 heavy (non-hydrogen) atoms. The zero-order valence-electron chi connectivity index (χ0n) is 12.4. The van der Waals surface area contributed by atoms with Crippen molar-refractivity contribution in [3.8, 4) is 0 Å². The number of amides is 1. The molecule has 124 valence electrons. The van der Waals surface area contributed by atoms with Gasteiger partial charge in [-0.05, 0) is 32.2 Å². The third-order valence-corrected chi connectivity index (χ3v) is 5.75. The Balaban J connectivity index is 0.00000110. The number of hydrogen-bond donors (Lipinski definition) is 2. The number of piperidine rings is 1. The summed E-state index contributed by atoms with van der Waals surface area (Å²) in [5.41, 5.74) is 0. The Kier molecular flexibility index (Phi) is 8.72. The molecular formula is C14H27Cl2N3OS. The summed E-state index contributed by atoms with van der Waals surface area (Å²) >= 11 is 1.95. The lowest BCUT2D eigenvalue weighted by molar-refractivity contribution is -0.122. The number of thioether (sulfide) groups is 1. The van der Waals surface area contributed by atoms with Crippen molar-refractivity contribution < 1.29 is 4.79 Å². The van der Waals surface area contributed by atoms with E-state index in [4.69, 9.17) is 0 Å². The first-order valence-corrected chi connectivity index (χ1v) is 8.81. The predicted octanol–water partition coefficient (Wildman–Crippen LogP) is 1.67. The Hall–Kier alpha value is 0.320. The van der Waals surface area contributed by atoms with Gasteiger partial charge in [0.25, 0.3) is 0 Å². The molecule has 7 heteroatoms. The van der Waals surface area contributed by atoms with Crippen molar-refractivity contribution in [1.82, 2.24) is 15.5 Å². The van der Waals surface area contributed by atoms with Crippen LogP contribution in [0.25, 0.3) is 0 Å². The number of carbonyl (C=O) groups excluding carboxylic acids is 1. The second-order valence-corrected chi connectivity index (χ2v) is 7.20. The third kappa shape index (κ3) is 5.47. The summed E-state index contributed by atoms with van der Waals surface area (Å²) in [4.78, 5) is 14.7. The van der Waals surface area contributed by atoms with E-state index in [9.17, 15) is 4.79 Å². The maximum Gasteiger partial charge on any atom is 0.221 e. The Morgan fingerprint density at radius 1 is 1.29 bits per heavy atom. The van der Waals surface area contributed by atoms with Crippen LogP contribution in [0.1, 0.15) is 32.1 Å². The zero-order chi connectivity index (χ0) is 13.1. The number of fused-ring (bicyclic) bond motifs is 1. The van der Waals surface area contributed by atoms with E-state index in [1.54, 1.807) is 0 Å². The van der Waals surface area contributed by atoms with Gasteiger partial charge in [-0.15, -0.1) is 24.8 Å². The largest absolute Gasteiger partial charge is 0.353 e. The molecule has 3 aliphatic rings. The molecule has 0 spiro atoms. The van der Waals surface area contributed by atoms with Gasteiger partial charge in [0.1, 0.15) is 0 Å². The molecule has 3 rings (SSSR count). The second kappa shape index (κ2) is 9.46. The second-order valence-electron chi connectivity index (χ2n) is 6.05. The number of hydrogen-bond acceptors (Lipinski definition) is 4. The fourth-order valence-corrected chi connectivity index (χ4v) is 4.57. The van der Waals surface area contributed by atoms with Crippen molar-refractivity contribution >= 4 is 42.5 Å². The zero-order valence-corrected chi connectivity index (χ0v) is 14.8. The lowest BCUT2D eigenvalue weighted by Gasteiger charge is -2.35. The van der Waals surface area contributed by atoms with Crippen LogP contribution < -0.4 is 10.6 Å². The normalized spacial score (nSPS) is 32.5. The number of halogens is 2. The third-order valence-electron chi connectivity index (χ3n) is 4.62. The molecule has 1 amide bonds. The van der Waals surface area contributed by atoms with Crippen LogP contribution in [0.5, 0.6) is 0 Å². The average Bonchev–Trinajstić information content (AvgIpc) is 2.87. The van der Waals surface area contributed by atoms with Crippen molar-refractivity contribution in [2.75, 3.05) is 31.1 Å². The van der Waals surface area contributed by atoms with Gasteiger partial charge >= 0.3 is 0 Å². The summed E-state index contributed by atoms with van der Waals surface area (Å²) in [6.07, 6.45) is 5.62. The lowest BCUT2D eigenvalue weighted by Crippen LogP contribution is -2.49. The quantitative estimate of drug-likeness (QED) is 0.808. The highest BCUT2D eigenvalue weighted by Crippen LogP contribution is 2.26.